The van der Waals surface area contributed by atoms with E-state index in [0.717, 1.165) is 31.7 Å². The van der Waals surface area contributed by atoms with E-state index in [-0.39, 0.29) is 22.8 Å². The average Bonchev–Trinajstić information content (AvgIpc) is 2.92. The molecule has 0 aliphatic heterocycles. The Morgan fingerprint density at radius 2 is 2.05 bits per heavy atom. The minimum absolute atomic E-state index is 0.0590. The van der Waals surface area contributed by atoms with Gasteiger partial charge in [0.15, 0.2) is 0 Å². The molecule has 122 valence electrons. The van der Waals surface area contributed by atoms with E-state index in [0.29, 0.717) is 6.20 Å². The zero-order valence-electron chi connectivity index (χ0n) is 12.0. The number of halogens is 4. The molecular weight excluding hydrogens is 319 g/mol. The molecule has 1 saturated carbocycles. The largest absolute Gasteiger partial charge is 0.417 e. The number of carbonyl (C=O) groups is 1. The van der Waals surface area contributed by atoms with Crippen molar-refractivity contribution in [1.82, 2.24) is 10.3 Å². The zero-order chi connectivity index (χ0) is 16.3. The summed E-state index contributed by atoms with van der Waals surface area (Å²) >= 11 is 5.80. The third-order valence-electron chi connectivity index (χ3n) is 3.62. The van der Waals surface area contributed by atoms with E-state index < -0.39 is 17.8 Å². The number of rotatable bonds is 4. The maximum atomic E-state index is 12.5. The van der Waals surface area contributed by atoms with Crippen LogP contribution in [0.25, 0.3) is 0 Å². The van der Waals surface area contributed by atoms with Crippen LogP contribution in [0.2, 0.25) is 5.02 Å². The summed E-state index contributed by atoms with van der Waals surface area (Å²) in [6.07, 6.45) is 0.296. The molecule has 0 unspecified atom stereocenters. The molecule has 1 fully saturated rings. The van der Waals surface area contributed by atoms with Gasteiger partial charge in [-0.2, -0.15) is 13.2 Å². The standard InChI is InChI=1S/C14H17ClF3N3O/c1-8(13(22)21-10-4-2-3-5-10)20-12-11(15)6-9(7-19-12)14(16,17)18/h6-8,10H,2-5H2,1H3,(H,19,20)(H,21,22)/t8-/m1/s1. The van der Waals surface area contributed by atoms with Crippen LogP contribution in [0.5, 0.6) is 0 Å². The Kier molecular flexibility index (Phi) is 5.16. The van der Waals surface area contributed by atoms with Gasteiger partial charge in [-0.05, 0) is 25.8 Å². The molecule has 1 heterocycles. The smallest absolute Gasteiger partial charge is 0.357 e. The van der Waals surface area contributed by atoms with Crippen molar-refractivity contribution in [2.45, 2.75) is 50.9 Å². The minimum Gasteiger partial charge on any atom is -0.357 e. The van der Waals surface area contributed by atoms with Gasteiger partial charge in [0.05, 0.1) is 10.6 Å². The summed E-state index contributed by atoms with van der Waals surface area (Å²) in [4.78, 5) is 15.7. The summed E-state index contributed by atoms with van der Waals surface area (Å²) in [7, 11) is 0. The van der Waals surface area contributed by atoms with E-state index >= 15 is 0 Å². The van der Waals surface area contributed by atoms with Gasteiger partial charge in [-0.15, -0.1) is 0 Å². The monoisotopic (exact) mass is 335 g/mol. The molecule has 1 aliphatic carbocycles. The highest BCUT2D eigenvalue weighted by Gasteiger charge is 2.32. The van der Waals surface area contributed by atoms with Gasteiger partial charge in [-0.25, -0.2) is 4.98 Å². The number of amides is 1. The average molecular weight is 336 g/mol. The molecular formula is C14H17ClF3N3O. The lowest BCUT2D eigenvalue weighted by atomic mass is 10.2. The molecule has 2 rings (SSSR count). The second-order valence-electron chi connectivity index (χ2n) is 5.41. The fourth-order valence-corrected chi connectivity index (χ4v) is 2.59. The number of hydrogen-bond donors (Lipinski definition) is 2. The van der Waals surface area contributed by atoms with Crippen LogP contribution in [0.1, 0.15) is 38.2 Å². The van der Waals surface area contributed by atoms with Crippen molar-refractivity contribution >= 4 is 23.3 Å². The number of anilines is 1. The van der Waals surface area contributed by atoms with Gasteiger partial charge in [0.25, 0.3) is 0 Å². The second kappa shape index (κ2) is 6.73. The highest BCUT2D eigenvalue weighted by Crippen LogP contribution is 2.32. The quantitative estimate of drug-likeness (QED) is 0.883. The van der Waals surface area contributed by atoms with Crippen LogP contribution in [-0.4, -0.2) is 23.0 Å². The fourth-order valence-electron chi connectivity index (χ4n) is 2.37. The second-order valence-corrected chi connectivity index (χ2v) is 5.82. The van der Waals surface area contributed by atoms with Crippen LogP contribution in [0.15, 0.2) is 12.3 Å². The summed E-state index contributed by atoms with van der Waals surface area (Å²) in [6.45, 7) is 1.61. The van der Waals surface area contributed by atoms with Crippen molar-refractivity contribution < 1.29 is 18.0 Å². The number of pyridine rings is 1. The van der Waals surface area contributed by atoms with Crippen LogP contribution >= 0.6 is 11.6 Å². The van der Waals surface area contributed by atoms with E-state index in [2.05, 4.69) is 15.6 Å². The number of nitrogens with zero attached hydrogens (tertiary/aromatic N) is 1. The molecule has 1 aliphatic rings. The molecule has 0 saturated heterocycles. The van der Waals surface area contributed by atoms with Gasteiger partial charge >= 0.3 is 6.18 Å². The van der Waals surface area contributed by atoms with Gasteiger partial charge in [-0.3, -0.25) is 4.79 Å². The Morgan fingerprint density at radius 3 is 2.59 bits per heavy atom. The van der Waals surface area contributed by atoms with Gasteiger partial charge in [-0.1, -0.05) is 24.4 Å². The first-order valence-corrected chi connectivity index (χ1v) is 7.45. The lowest BCUT2D eigenvalue weighted by Crippen LogP contribution is -2.42. The lowest BCUT2D eigenvalue weighted by molar-refractivity contribution is -0.137. The predicted octanol–water partition coefficient (Wildman–Crippen LogP) is 3.61. The highest BCUT2D eigenvalue weighted by molar-refractivity contribution is 6.33. The van der Waals surface area contributed by atoms with E-state index in [1.165, 1.54) is 0 Å². The van der Waals surface area contributed by atoms with Crippen molar-refractivity contribution in [3.05, 3.63) is 22.8 Å². The minimum atomic E-state index is -4.50. The summed E-state index contributed by atoms with van der Waals surface area (Å²) in [5, 5.41) is 5.47. The fraction of sp³-hybridized carbons (Fsp3) is 0.571. The molecule has 0 spiro atoms. The Morgan fingerprint density at radius 1 is 1.41 bits per heavy atom. The molecule has 0 radical (unpaired) electrons. The third kappa shape index (κ3) is 4.25. The van der Waals surface area contributed by atoms with Crippen LogP contribution in [0.3, 0.4) is 0 Å². The van der Waals surface area contributed by atoms with E-state index in [9.17, 15) is 18.0 Å². The Hall–Kier alpha value is -1.50. The topological polar surface area (TPSA) is 54.0 Å². The highest BCUT2D eigenvalue weighted by atomic mass is 35.5. The van der Waals surface area contributed by atoms with E-state index in [1.807, 2.05) is 0 Å². The number of nitrogens with one attached hydrogen (secondary N) is 2. The first kappa shape index (κ1) is 16.9. The first-order chi connectivity index (χ1) is 10.3. The maximum Gasteiger partial charge on any atom is 0.417 e. The SMILES string of the molecule is C[C@@H](Nc1ncc(C(F)(F)F)cc1Cl)C(=O)NC1CCCC1. The molecule has 4 nitrogen and oxygen atoms in total. The Bertz CT molecular complexity index is 545. The van der Waals surface area contributed by atoms with Crippen molar-refractivity contribution in [3.8, 4) is 0 Å². The molecule has 0 aromatic carbocycles. The zero-order valence-corrected chi connectivity index (χ0v) is 12.8. The van der Waals surface area contributed by atoms with Crippen molar-refractivity contribution in [1.29, 1.82) is 0 Å². The van der Waals surface area contributed by atoms with Crippen LogP contribution in [-0.2, 0) is 11.0 Å². The summed E-state index contributed by atoms with van der Waals surface area (Å²) in [5.41, 5.74) is -0.925. The molecule has 2 N–H and O–H groups in total. The molecule has 8 heteroatoms. The van der Waals surface area contributed by atoms with E-state index in [1.54, 1.807) is 6.92 Å². The van der Waals surface area contributed by atoms with Crippen LogP contribution < -0.4 is 10.6 Å². The molecule has 0 bridgehead atoms. The van der Waals surface area contributed by atoms with Crippen LogP contribution in [0.4, 0.5) is 19.0 Å². The van der Waals surface area contributed by atoms with Crippen molar-refractivity contribution in [2.75, 3.05) is 5.32 Å². The molecule has 1 amide bonds. The maximum absolute atomic E-state index is 12.5. The van der Waals surface area contributed by atoms with Crippen molar-refractivity contribution in [2.24, 2.45) is 0 Å². The van der Waals surface area contributed by atoms with Gasteiger partial charge in [0.1, 0.15) is 11.9 Å². The lowest BCUT2D eigenvalue weighted by Gasteiger charge is -2.19. The number of hydrogen-bond acceptors (Lipinski definition) is 3. The Labute approximate surface area is 131 Å². The third-order valence-corrected chi connectivity index (χ3v) is 3.90. The number of alkyl halides is 3. The van der Waals surface area contributed by atoms with Crippen molar-refractivity contribution in [3.63, 3.8) is 0 Å². The predicted molar refractivity (Wildman–Crippen MR) is 77.7 cm³/mol. The Balaban J connectivity index is 1.98. The normalized spacial score (nSPS) is 17.3. The molecule has 1 aromatic heterocycles. The summed E-state index contributed by atoms with van der Waals surface area (Å²) in [5.74, 6) is -0.159. The first-order valence-electron chi connectivity index (χ1n) is 7.07. The van der Waals surface area contributed by atoms with Gasteiger partial charge in [0, 0.05) is 12.2 Å². The molecule has 22 heavy (non-hydrogen) atoms. The molecule has 1 aromatic rings. The van der Waals surface area contributed by atoms with Gasteiger partial charge in [0.2, 0.25) is 5.91 Å². The number of carbonyl (C=O) groups excluding carboxylic acids is 1. The van der Waals surface area contributed by atoms with Gasteiger partial charge < -0.3 is 10.6 Å². The van der Waals surface area contributed by atoms with E-state index in [4.69, 9.17) is 11.6 Å². The van der Waals surface area contributed by atoms with Crippen LogP contribution in [0, 0.1) is 0 Å². The summed E-state index contributed by atoms with van der Waals surface area (Å²) < 4.78 is 37.6. The summed E-state index contributed by atoms with van der Waals surface area (Å²) in [6, 6.07) is 0.327. The number of aromatic nitrogens is 1. The molecule has 1 atom stereocenters.